The zero-order valence-corrected chi connectivity index (χ0v) is 17.8. The normalized spacial score (nSPS) is 9.10. The van der Waals surface area contributed by atoms with E-state index >= 15 is 0 Å². The summed E-state index contributed by atoms with van der Waals surface area (Å²) >= 11 is 0. The van der Waals surface area contributed by atoms with E-state index in [1.165, 1.54) is 0 Å². The summed E-state index contributed by atoms with van der Waals surface area (Å²) in [7, 11) is 0. The molecule has 2 aromatic heterocycles. The summed E-state index contributed by atoms with van der Waals surface area (Å²) in [5.74, 6) is 0. The van der Waals surface area contributed by atoms with Gasteiger partial charge >= 0.3 is 18.9 Å². The van der Waals surface area contributed by atoms with Crippen molar-refractivity contribution in [1.29, 1.82) is 0 Å². The second-order valence-electron chi connectivity index (χ2n) is 6.19. The molecule has 0 aliphatic carbocycles. The molecule has 0 aliphatic heterocycles. The van der Waals surface area contributed by atoms with Crippen molar-refractivity contribution in [2.75, 3.05) is 0 Å². The van der Waals surface area contributed by atoms with Crippen molar-refractivity contribution >= 4 is 0 Å². The van der Waals surface area contributed by atoms with Crippen LogP contribution in [0.4, 0.5) is 0 Å². The Morgan fingerprint density at radius 3 is 1.62 bits per heavy atom. The first-order chi connectivity index (χ1) is 13.6. The van der Waals surface area contributed by atoms with Crippen LogP contribution in [-0.2, 0) is 0 Å². The molecule has 4 nitrogen and oxygen atoms in total. The Kier molecular flexibility index (Phi) is 11.2. The van der Waals surface area contributed by atoms with Crippen LogP contribution in [0.5, 0.6) is 0 Å². The predicted octanol–water partition coefficient (Wildman–Crippen LogP) is 2.34. The summed E-state index contributed by atoms with van der Waals surface area (Å²) in [6, 6.07) is 22.6. The maximum atomic E-state index is 4.39. The zero-order chi connectivity index (χ0) is 20.2. The average Bonchev–Trinajstić information content (AvgIpc) is 2.71. The van der Waals surface area contributed by atoms with E-state index in [4.69, 9.17) is 0 Å². The van der Waals surface area contributed by atoms with Crippen LogP contribution in [-0.4, -0.2) is 19.9 Å². The van der Waals surface area contributed by atoms with Crippen LogP contribution in [0.15, 0.2) is 79.3 Å². The molecular weight excluding hydrogens is 351 g/mol. The maximum Gasteiger partial charge on any atom is 1.00 e. The van der Waals surface area contributed by atoms with Gasteiger partial charge in [0.2, 0.25) is 0 Å². The number of aromatic nitrogens is 4. The molecule has 0 saturated heterocycles. The Bertz CT molecular complexity index is 917. The SMILES string of the molecule is Cc1cnc(-c2ccccc2)c(C)n1.Cc1cncc(C)n1.[Li+].[c-]1ccccc1. The van der Waals surface area contributed by atoms with Gasteiger partial charge in [0.15, 0.2) is 0 Å². The largest absolute Gasteiger partial charge is 1.00 e. The Labute approximate surface area is 185 Å². The van der Waals surface area contributed by atoms with Gasteiger partial charge in [-0.15, -0.1) is 0 Å². The zero-order valence-electron chi connectivity index (χ0n) is 17.8. The van der Waals surface area contributed by atoms with Crippen LogP contribution in [0, 0.1) is 33.8 Å². The fourth-order valence-corrected chi connectivity index (χ4v) is 2.41. The van der Waals surface area contributed by atoms with E-state index in [0.29, 0.717) is 0 Å². The molecule has 0 N–H and O–H groups in total. The van der Waals surface area contributed by atoms with Crippen molar-refractivity contribution in [1.82, 2.24) is 19.9 Å². The molecule has 0 bridgehead atoms. The summed E-state index contributed by atoms with van der Waals surface area (Å²) < 4.78 is 0. The first-order valence-electron chi connectivity index (χ1n) is 9.08. The van der Waals surface area contributed by atoms with Gasteiger partial charge in [-0.1, -0.05) is 30.3 Å². The van der Waals surface area contributed by atoms with E-state index in [-0.39, 0.29) is 18.9 Å². The van der Waals surface area contributed by atoms with Crippen molar-refractivity contribution in [3.05, 3.63) is 108 Å². The number of rotatable bonds is 1. The fourth-order valence-electron chi connectivity index (χ4n) is 2.41. The molecule has 0 fully saturated rings. The molecule has 29 heavy (non-hydrogen) atoms. The van der Waals surface area contributed by atoms with Gasteiger partial charge in [0, 0.05) is 24.2 Å². The number of aryl methyl sites for hydroxylation is 4. The van der Waals surface area contributed by atoms with E-state index in [1.54, 1.807) is 18.6 Å². The van der Waals surface area contributed by atoms with Gasteiger partial charge in [-0.2, -0.15) is 36.4 Å². The smallest absolute Gasteiger partial charge is 0.261 e. The van der Waals surface area contributed by atoms with E-state index in [9.17, 15) is 0 Å². The topological polar surface area (TPSA) is 51.6 Å². The summed E-state index contributed by atoms with van der Waals surface area (Å²) in [6.07, 6.45) is 5.29. The van der Waals surface area contributed by atoms with Crippen LogP contribution in [0.3, 0.4) is 0 Å². The van der Waals surface area contributed by atoms with Gasteiger partial charge in [0.25, 0.3) is 0 Å². The standard InChI is InChI=1S/C12H12N2.C6H8N2.C6H5.Li/c1-9-8-13-12(10(2)14-9)11-6-4-3-5-7-11;1-5-3-7-4-6(2)8-5;1-2-4-6-5-3-1;/h3-8H,1-2H3;3-4H,1-2H3;1-5H;/q;;-1;+1. The first-order valence-corrected chi connectivity index (χ1v) is 9.08. The summed E-state index contributed by atoms with van der Waals surface area (Å²) in [5, 5.41) is 0. The Hall–Kier alpha value is -2.80. The van der Waals surface area contributed by atoms with E-state index in [0.717, 1.165) is 34.0 Å². The molecule has 0 radical (unpaired) electrons. The Morgan fingerprint density at radius 1 is 0.655 bits per heavy atom. The minimum Gasteiger partial charge on any atom is -0.261 e. The monoisotopic (exact) mass is 376 g/mol. The minimum absolute atomic E-state index is 0. The van der Waals surface area contributed by atoms with E-state index in [2.05, 4.69) is 26.0 Å². The van der Waals surface area contributed by atoms with Gasteiger partial charge in [0.05, 0.1) is 28.5 Å². The van der Waals surface area contributed by atoms with Gasteiger partial charge in [0.1, 0.15) is 0 Å². The molecule has 2 heterocycles. The molecule has 0 spiro atoms. The molecule has 0 amide bonds. The van der Waals surface area contributed by atoms with Gasteiger partial charge in [-0.3, -0.25) is 19.9 Å². The van der Waals surface area contributed by atoms with Crippen LogP contribution in [0.1, 0.15) is 22.8 Å². The van der Waals surface area contributed by atoms with Gasteiger partial charge in [-0.05, 0) is 27.7 Å². The molecule has 0 atom stereocenters. The Balaban J connectivity index is 0.000000238. The van der Waals surface area contributed by atoms with Crippen LogP contribution < -0.4 is 18.9 Å². The molecule has 4 rings (SSSR count). The number of hydrogen-bond donors (Lipinski definition) is 0. The molecule has 0 aliphatic rings. The summed E-state index contributed by atoms with van der Waals surface area (Å²) in [4.78, 5) is 16.8. The molecule has 142 valence electrons. The van der Waals surface area contributed by atoms with Crippen LogP contribution in [0.25, 0.3) is 11.3 Å². The number of nitrogens with zero attached hydrogens (tertiary/aromatic N) is 4. The van der Waals surface area contributed by atoms with Crippen molar-refractivity contribution in [3.63, 3.8) is 0 Å². The third kappa shape index (κ3) is 9.29. The average molecular weight is 376 g/mol. The van der Waals surface area contributed by atoms with Crippen molar-refractivity contribution in [3.8, 4) is 11.3 Å². The van der Waals surface area contributed by atoms with Crippen LogP contribution in [0.2, 0.25) is 0 Å². The fraction of sp³-hybridized carbons (Fsp3) is 0.167. The van der Waals surface area contributed by atoms with E-state index < -0.39 is 0 Å². The molecule has 2 aromatic carbocycles. The molecule has 0 saturated carbocycles. The first kappa shape index (κ1) is 24.2. The van der Waals surface area contributed by atoms with Crippen LogP contribution >= 0.6 is 0 Å². The second-order valence-corrected chi connectivity index (χ2v) is 6.19. The summed E-state index contributed by atoms with van der Waals surface area (Å²) in [6.45, 7) is 7.80. The Morgan fingerprint density at radius 2 is 1.21 bits per heavy atom. The number of benzene rings is 2. The number of hydrogen-bond acceptors (Lipinski definition) is 4. The third-order valence-corrected chi connectivity index (χ3v) is 3.60. The van der Waals surface area contributed by atoms with Crippen molar-refractivity contribution < 1.29 is 18.9 Å². The second kappa shape index (κ2) is 13.4. The molecule has 4 aromatic rings. The van der Waals surface area contributed by atoms with Gasteiger partial charge in [-0.25, -0.2) is 0 Å². The molecule has 5 heteroatoms. The minimum atomic E-state index is 0. The van der Waals surface area contributed by atoms with Crippen molar-refractivity contribution in [2.45, 2.75) is 27.7 Å². The van der Waals surface area contributed by atoms with Crippen molar-refractivity contribution in [2.24, 2.45) is 0 Å². The van der Waals surface area contributed by atoms with E-state index in [1.807, 2.05) is 88.4 Å². The summed E-state index contributed by atoms with van der Waals surface area (Å²) in [5.41, 5.74) is 5.99. The third-order valence-electron chi connectivity index (χ3n) is 3.60. The van der Waals surface area contributed by atoms with Gasteiger partial charge < -0.3 is 0 Å². The molecule has 0 unspecified atom stereocenters. The predicted molar refractivity (Wildman–Crippen MR) is 114 cm³/mol. The maximum absolute atomic E-state index is 4.39. The quantitative estimate of drug-likeness (QED) is 0.378. The molecular formula is C24H25LiN4.